The first-order valence-electron chi connectivity index (χ1n) is 10.4. The van der Waals surface area contributed by atoms with Crippen LogP contribution in [0.15, 0.2) is 42.5 Å². The van der Waals surface area contributed by atoms with Crippen LogP contribution < -0.4 is 23.8 Å². The van der Waals surface area contributed by atoms with E-state index in [1.165, 1.54) is 4.31 Å². The minimum Gasteiger partial charge on any atom is -0.497 e. The second kappa shape index (κ2) is 11.6. The highest BCUT2D eigenvalue weighted by atomic mass is 32.2. The van der Waals surface area contributed by atoms with Crippen LogP contribution in [0.3, 0.4) is 0 Å². The van der Waals surface area contributed by atoms with E-state index in [9.17, 15) is 13.2 Å². The van der Waals surface area contributed by atoms with Crippen molar-refractivity contribution in [3.05, 3.63) is 48.0 Å². The molecular weight excluding hydrogens is 432 g/mol. The summed E-state index contributed by atoms with van der Waals surface area (Å²) >= 11 is 0. The van der Waals surface area contributed by atoms with Crippen molar-refractivity contribution < 1.29 is 27.4 Å². The highest BCUT2D eigenvalue weighted by molar-refractivity contribution is 7.92. The largest absolute Gasteiger partial charge is 0.497 e. The summed E-state index contributed by atoms with van der Waals surface area (Å²) in [7, 11) is -0.404. The fourth-order valence-corrected chi connectivity index (χ4v) is 4.33. The van der Waals surface area contributed by atoms with Gasteiger partial charge in [0.1, 0.15) is 17.2 Å². The number of sulfonamides is 1. The van der Waals surface area contributed by atoms with Gasteiger partial charge >= 0.3 is 0 Å². The van der Waals surface area contributed by atoms with E-state index in [0.29, 0.717) is 36.0 Å². The van der Waals surface area contributed by atoms with E-state index in [4.69, 9.17) is 14.2 Å². The Hall–Kier alpha value is -2.94. The molecule has 0 aliphatic rings. The van der Waals surface area contributed by atoms with Gasteiger partial charge in [0.05, 0.1) is 38.8 Å². The number of benzene rings is 2. The smallest absolute Gasteiger partial charge is 0.232 e. The lowest BCUT2D eigenvalue weighted by molar-refractivity contribution is -0.121. The monoisotopic (exact) mass is 464 g/mol. The number of hydrogen-bond acceptors (Lipinski definition) is 6. The fraction of sp³-hybridized carbons (Fsp3) is 0.435. The maximum absolute atomic E-state index is 12.5. The molecule has 0 aliphatic heterocycles. The molecule has 0 bridgehead atoms. The molecule has 2 aromatic carbocycles. The molecule has 0 spiro atoms. The van der Waals surface area contributed by atoms with Crippen LogP contribution in [0.25, 0.3) is 0 Å². The number of amides is 1. The summed E-state index contributed by atoms with van der Waals surface area (Å²) in [6, 6.07) is 12.1. The number of rotatable bonds is 12. The molecule has 2 rings (SSSR count). The Morgan fingerprint density at radius 1 is 1.09 bits per heavy atom. The van der Waals surface area contributed by atoms with Crippen molar-refractivity contribution >= 4 is 21.6 Å². The van der Waals surface area contributed by atoms with E-state index in [0.717, 1.165) is 11.8 Å². The van der Waals surface area contributed by atoms with Gasteiger partial charge in [0.15, 0.2) is 0 Å². The number of hydrogen-bond donors (Lipinski definition) is 1. The Bertz CT molecular complexity index is 1010. The molecule has 0 heterocycles. The third kappa shape index (κ3) is 6.78. The van der Waals surface area contributed by atoms with E-state index in [2.05, 4.69) is 5.32 Å². The first-order chi connectivity index (χ1) is 15.2. The van der Waals surface area contributed by atoms with Crippen molar-refractivity contribution in [1.29, 1.82) is 0 Å². The molecule has 0 saturated heterocycles. The van der Waals surface area contributed by atoms with Crippen molar-refractivity contribution in [1.82, 2.24) is 5.32 Å². The molecule has 0 unspecified atom stereocenters. The van der Waals surface area contributed by atoms with Crippen molar-refractivity contribution in [2.45, 2.75) is 32.7 Å². The van der Waals surface area contributed by atoms with E-state index < -0.39 is 10.0 Å². The molecular formula is C23H32N2O6S. The third-order valence-electron chi connectivity index (χ3n) is 4.88. The number of carbonyl (C=O) groups excluding carboxylic acids is 1. The first-order valence-corrected chi connectivity index (χ1v) is 12.3. The van der Waals surface area contributed by atoms with Gasteiger partial charge in [-0.1, -0.05) is 12.1 Å². The van der Waals surface area contributed by atoms with Crippen LogP contribution in [-0.4, -0.2) is 48.0 Å². The van der Waals surface area contributed by atoms with Crippen LogP contribution in [0, 0.1) is 0 Å². The average Bonchev–Trinajstić information content (AvgIpc) is 2.76. The molecule has 1 N–H and O–H groups in total. The standard InChI is InChI=1S/C23H32N2O6S/c1-6-31-22-11-8-7-10-20(22)25(32(5,27)28)15-9-12-23(26)24-17(2)19-16-18(29-3)13-14-21(19)30-4/h7-8,10-11,13-14,16-17H,6,9,12,15H2,1-5H3,(H,24,26)/t17-/m1/s1. The molecule has 1 amide bonds. The fourth-order valence-electron chi connectivity index (χ4n) is 3.36. The molecule has 0 aromatic heterocycles. The number of para-hydroxylation sites is 2. The predicted octanol–water partition coefficient (Wildman–Crippen LogP) is 3.53. The molecule has 0 aliphatic carbocycles. The minimum absolute atomic E-state index is 0.160. The molecule has 8 nitrogen and oxygen atoms in total. The zero-order chi connectivity index (χ0) is 23.7. The Labute approximate surface area is 190 Å². The van der Waals surface area contributed by atoms with Crippen molar-refractivity contribution in [3.63, 3.8) is 0 Å². The zero-order valence-electron chi connectivity index (χ0n) is 19.3. The number of methoxy groups -OCH3 is 2. The lowest BCUT2D eigenvalue weighted by atomic mass is 10.1. The Balaban J connectivity index is 2.04. The minimum atomic E-state index is -3.55. The van der Waals surface area contributed by atoms with Gasteiger partial charge in [-0.15, -0.1) is 0 Å². The molecule has 0 saturated carbocycles. The average molecular weight is 465 g/mol. The first kappa shape index (κ1) is 25.3. The predicted molar refractivity (Wildman–Crippen MR) is 125 cm³/mol. The maximum Gasteiger partial charge on any atom is 0.232 e. The summed E-state index contributed by atoms with van der Waals surface area (Å²) in [6.07, 6.45) is 1.66. The van der Waals surface area contributed by atoms with Crippen LogP contribution in [-0.2, 0) is 14.8 Å². The van der Waals surface area contributed by atoms with Crippen LogP contribution in [0.1, 0.15) is 38.3 Å². The Kier molecular flexibility index (Phi) is 9.19. The SMILES string of the molecule is CCOc1ccccc1N(CCCC(=O)N[C@H](C)c1cc(OC)ccc1OC)S(C)(=O)=O. The summed E-state index contributed by atoms with van der Waals surface area (Å²) in [6.45, 7) is 4.27. The lowest BCUT2D eigenvalue weighted by Crippen LogP contribution is -2.33. The Morgan fingerprint density at radius 2 is 1.81 bits per heavy atom. The number of ether oxygens (including phenoxy) is 3. The van der Waals surface area contributed by atoms with Gasteiger partial charge in [0.2, 0.25) is 15.9 Å². The molecule has 0 radical (unpaired) electrons. The summed E-state index contributed by atoms with van der Waals surface area (Å²) in [5, 5.41) is 2.94. The van der Waals surface area contributed by atoms with Crippen molar-refractivity contribution in [2.75, 3.05) is 37.9 Å². The van der Waals surface area contributed by atoms with E-state index in [-0.39, 0.29) is 24.9 Å². The quantitative estimate of drug-likeness (QED) is 0.517. The molecule has 9 heteroatoms. The molecule has 2 aromatic rings. The maximum atomic E-state index is 12.5. The summed E-state index contributed by atoms with van der Waals surface area (Å²) in [5.41, 5.74) is 1.26. The van der Waals surface area contributed by atoms with Crippen LogP contribution in [0.2, 0.25) is 0 Å². The van der Waals surface area contributed by atoms with E-state index in [1.54, 1.807) is 50.6 Å². The van der Waals surface area contributed by atoms with Crippen molar-refractivity contribution in [2.24, 2.45) is 0 Å². The van der Waals surface area contributed by atoms with E-state index >= 15 is 0 Å². The van der Waals surface area contributed by atoms with Gasteiger partial charge in [0.25, 0.3) is 0 Å². The van der Waals surface area contributed by atoms with Gasteiger partial charge in [-0.2, -0.15) is 0 Å². The van der Waals surface area contributed by atoms with Crippen molar-refractivity contribution in [3.8, 4) is 17.2 Å². The van der Waals surface area contributed by atoms with Gasteiger partial charge in [-0.3, -0.25) is 9.10 Å². The summed E-state index contributed by atoms with van der Waals surface area (Å²) in [5.74, 6) is 1.62. The normalized spacial score (nSPS) is 12.0. The highest BCUT2D eigenvalue weighted by Crippen LogP contribution is 2.31. The van der Waals surface area contributed by atoms with Crippen LogP contribution >= 0.6 is 0 Å². The Morgan fingerprint density at radius 3 is 2.44 bits per heavy atom. The number of nitrogens with zero attached hydrogens (tertiary/aromatic N) is 1. The summed E-state index contributed by atoms with van der Waals surface area (Å²) < 4.78 is 42.3. The number of anilines is 1. The zero-order valence-corrected chi connectivity index (χ0v) is 20.1. The van der Waals surface area contributed by atoms with Gasteiger partial charge in [-0.05, 0) is 50.6 Å². The van der Waals surface area contributed by atoms with Crippen LogP contribution in [0.5, 0.6) is 17.2 Å². The van der Waals surface area contributed by atoms with Gasteiger partial charge in [0, 0.05) is 18.5 Å². The topological polar surface area (TPSA) is 94.2 Å². The van der Waals surface area contributed by atoms with Gasteiger partial charge in [-0.25, -0.2) is 8.42 Å². The van der Waals surface area contributed by atoms with Gasteiger partial charge < -0.3 is 19.5 Å². The molecule has 32 heavy (non-hydrogen) atoms. The highest BCUT2D eigenvalue weighted by Gasteiger charge is 2.21. The lowest BCUT2D eigenvalue weighted by Gasteiger charge is -2.24. The molecule has 176 valence electrons. The number of carbonyl (C=O) groups is 1. The van der Waals surface area contributed by atoms with E-state index in [1.807, 2.05) is 19.9 Å². The summed E-state index contributed by atoms with van der Waals surface area (Å²) in [4.78, 5) is 12.5. The van der Waals surface area contributed by atoms with Crippen LogP contribution in [0.4, 0.5) is 5.69 Å². The third-order valence-corrected chi connectivity index (χ3v) is 6.06. The second-order valence-corrected chi connectivity index (χ2v) is 9.14. The second-order valence-electron chi connectivity index (χ2n) is 7.24. The molecule has 0 fully saturated rings. The molecule has 1 atom stereocenters. The number of nitrogens with one attached hydrogen (secondary N) is 1.